The molecule has 3 rings (SSSR count). The maximum Gasteiger partial charge on any atom is 0.264 e. The first-order valence-electron chi connectivity index (χ1n) is 8.70. The Balaban J connectivity index is 1.81. The van der Waals surface area contributed by atoms with Gasteiger partial charge in [-0.05, 0) is 59.9 Å². The summed E-state index contributed by atoms with van der Waals surface area (Å²) in [6.07, 6.45) is 1.91. The Bertz CT molecular complexity index is 903. The first-order chi connectivity index (χ1) is 12.2. The van der Waals surface area contributed by atoms with Gasteiger partial charge in [0, 0.05) is 0 Å². The van der Waals surface area contributed by atoms with Crippen LogP contribution in [0, 0.1) is 13.8 Å². The smallest absolute Gasteiger partial charge is 0.264 e. The molecule has 0 radical (unpaired) electrons. The second-order valence-electron chi connectivity index (χ2n) is 7.64. The number of aliphatic imine (C=N–C) groups is 1. The number of thioether (sulfide) groups is 1. The van der Waals surface area contributed by atoms with Crippen LogP contribution >= 0.6 is 11.8 Å². The van der Waals surface area contributed by atoms with Crippen LogP contribution in [0.15, 0.2) is 52.4 Å². The van der Waals surface area contributed by atoms with E-state index in [4.69, 9.17) is 0 Å². The fourth-order valence-electron chi connectivity index (χ4n) is 2.75. The van der Waals surface area contributed by atoms with Crippen LogP contribution in [0.3, 0.4) is 0 Å². The minimum Gasteiger partial charge on any atom is -0.300 e. The fourth-order valence-corrected chi connectivity index (χ4v) is 3.59. The van der Waals surface area contributed by atoms with Gasteiger partial charge in [-0.25, -0.2) is 4.99 Å². The van der Waals surface area contributed by atoms with E-state index in [2.05, 4.69) is 68.3 Å². The van der Waals surface area contributed by atoms with E-state index in [0.29, 0.717) is 10.1 Å². The van der Waals surface area contributed by atoms with Gasteiger partial charge in [0.15, 0.2) is 5.17 Å². The normalized spacial score (nSPS) is 17.8. The van der Waals surface area contributed by atoms with Gasteiger partial charge in [-0.2, -0.15) is 0 Å². The molecule has 1 amide bonds. The highest BCUT2D eigenvalue weighted by atomic mass is 32.2. The second-order valence-corrected chi connectivity index (χ2v) is 8.67. The summed E-state index contributed by atoms with van der Waals surface area (Å²) in [4.78, 5) is 17.5. The van der Waals surface area contributed by atoms with Crippen LogP contribution in [-0.4, -0.2) is 11.1 Å². The summed E-state index contributed by atoms with van der Waals surface area (Å²) in [6, 6.07) is 14.5. The Morgan fingerprint density at radius 3 is 2.35 bits per heavy atom. The summed E-state index contributed by atoms with van der Waals surface area (Å²) >= 11 is 1.38. The number of nitrogens with zero attached hydrogens (tertiary/aromatic N) is 1. The molecule has 0 unspecified atom stereocenters. The number of hydrogen-bond acceptors (Lipinski definition) is 3. The molecular weight excluding hydrogens is 340 g/mol. The highest BCUT2D eigenvalue weighted by Crippen LogP contribution is 2.30. The van der Waals surface area contributed by atoms with Gasteiger partial charge >= 0.3 is 0 Å². The van der Waals surface area contributed by atoms with E-state index in [1.807, 2.05) is 25.1 Å². The third-order valence-corrected chi connectivity index (χ3v) is 5.21. The Morgan fingerprint density at radius 1 is 1.04 bits per heavy atom. The predicted octanol–water partition coefficient (Wildman–Crippen LogP) is 5.49. The fraction of sp³-hybridized carbons (Fsp3) is 0.273. The van der Waals surface area contributed by atoms with Crippen molar-refractivity contribution < 1.29 is 4.79 Å². The zero-order valence-electron chi connectivity index (χ0n) is 15.9. The van der Waals surface area contributed by atoms with Crippen molar-refractivity contribution in [2.45, 2.75) is 40.0 Å². The Labute approximate surface area is 159 Å². The van der Waals surface area contributed by atoms with Crippen molar-refractivity contribution in [1.29, 1.82) is 0 Å². The standard InChI is InChI=1S/C22H24N2OS/c1-14-6-11-18(15(2)12-14)23-21-24-20(25)19(26-21)13-16-7-9-17(10-8-16)22(3,4)5/h6-13H,1-5H3,(H,23,24,25)/b19-13-. The maximum atomic E-state index is 12.3. The number of rotatable bonds is 2. The molecule has 3 nitrogen and oxygen atoms in total. The average molecular weight is 365 g/mol. The maximum absolute atomic E-state index is 12.3. The summed E-state index contributed by atoms with van der Waals surface area (Å²) in [5.74, 6) is -0.0987. The topological polar surface area (TPSA) is 41.5 Å². The minimum absolute atomic E-state index is 0.0987. The van der Waals surface area contributed by atoms with Crippen molar-refractivity contribution in [1.82, 2.24) is 5.32 Å². The quantitative estimate of drug-likeness (QED) is 0.716. The number of hydrogen-bond donors (Lipinski definition) is 1. The largest absolute Gasteiger partial charge is 0.300 e. The van der Waals surface area contributed by atoms with Gasteiger partial charge in [-0.3, -0.25) is 4.79 Å². The average Bonchev–Trinajstić information content (AvgIpc) is 2.89. The van der Waals surface area contributed by atoms with E-state index in [1.165, 1.54) is 22.9 Å². The van der Waals surface area contributed by atoms with Crippen LogP contribution in [0.5, 0.6) is 0 Å². The van der Waals surface area contributed by atoms with Crippen molar-refractivity contribution in [2.24, 2.45) is 4.99 Å². The third-order valence-electron chi connectivity index (χ3n) is 4.30. The van der Waals surface area contributed by atoms with Crippen molar-refractivity contribution in [2.75, 3.05) is 0 Å². The molecule has 2 aromatic rings. The van der Waals surface area contributed by atoms with E-state index in [-0.39, 0.29) is 11.3 Å². The number of carbonyl (C=O) groups excluding carboxylic acids is 1. The molecule has 0 bridgehead atoms. The van der Waals surface area contributed by atoms with E-state index >= 15 is 0 Å². The van der Waals surface area contributed by atoms with Crippen LogP contribution in [-0.2, 0) is 10.2 Å². The molecule has 0 spiro atoms. The molecule has 1 saturated heterocycles. The van der Waals surface area contributed by atoms with Gasteiger partial charge in [-0.1, -0.05) is 62.7 Å². The van der Waals surface area contributed by atoms with E-state index in [0.717, 1.165) is 16.8 Å². The van der Waals surface area contributed by atoms with E-state index in [9.17, 15) is 4.79 Å². The highest BCUT2D eigenvalue weighted by molar-refractivity contribution is 8.18. The van der Waals surface area contributed by atoms with Crippen molar-refractivity contribution >= 4 is 34.6 Å². The predicted molar refractivity (Wildman–Crippen MR) is 112 cm³/mol. The molecule has 1 fully saturated rings. The molecule has 1 N–H and O–H groups in total. The summed E-state index contributed by atoms with van der Waals surface area (Å²) in [6.45, 7) is 10.7. The van der Waals surface area contributed by atoms with Crippen LogP contribution in [0.2, 0.25) is 0 Å². The minimum atomic E-state index is -0.0987. The Morgan fingerprint density at radius 2 is 1.73 bits per heavy atom. The number of carbonyl (C=O) groups is 1. The van der Waals surface area contributed by atoms with Crippen LogP contribution < -0.4 is 5.32 Å². The Hall–Kier alpha value is -2.33. The van der Waals surface area contributed by atoms with Crippen molar-refractivity contribution in [3.63, 3.8) is 0 Å². The Kier molecular flexibility index (Phi) is 5.05. The molecule has 0 aromatic heterocycles. The SMILES string of the molecule is Cc1ccc(N=C2NC(=O)/C(=C/c3ccc(C(C)(C)C)cc3)S2)c(C)c1. The molecule has 4 heteroatoms. The number of aryl methyl sites for hydroxylation is 2. The van der Waals surface area contributed by atoms with E-state index < -0.39 is 0 Å². The lowest BCUT2D eigenvalue weighted by molar-refractivity contribution is -0.115. The molecule has 26 heavy (non-hydrogen) atoms. The summed E-state index contributed by atoms with van der Waals surface area (Å²) in [5, 5.41) is 3.48. The molecule has 134 valence electrons. The molecule has 2 aromatic carbocycles. The molecule has 1 heterocycles. The summed E-state index contributed by atoms with van der Waals surface area (Å²) in [5.41, 5.74) is 5.60. The van der Waals surface area contributed by atoms with Crippen LogP contribution in [0.1, 0.15) is 43.0 Å². The van der Waals surface area contributed by atoms with Gasteiger partial charge < -0.3 is 5.32 Å². The summed E-state index contributed by atoms with van der Waals surface area (Å²) in [7, 11) is 0. The third kappa shape index (κ3) is 4.25. The summed E-state index contributed by atoms with van der Waals surface area (Å²) < 4.78 is 0. The zero-order chi connectivity index (χ0) is 18.9. The molecular formula is C22H24N2OS. The van der Waals surface area contributed by atoms with Gasteiger partial charge in [0.05, 0.1) is 10.6 Å². The molecule has 0 atom stereocenters. The first kappa shape index (κ1) is 18.5. The number of benzene rings is 2. The van der Waals surface area contributed by atoms with Gasteiger partial charge in [0.2, 0.25) is 0 Å². The molecule has 1 aliphatic heterocycles. The molecule has 1 aliphatic rings. The van der Waals surface area contributed by atoms with Crippen molar-refractivity contribution in [3.8, 4) is 0 Å². The van der Waals surface area contributed by atoms with Gasteiger partial charge in [0.25, 0.3) is 5.91 Å². The van der Waals surface area contributed by atoms with Gasteiger partial charge in [0.1, 0.15) is 0 Å². The first-order valence-corrected chi connectivity index (χ1v) is 9.51. The van der Waals surface area contributed by atoms with Crippen LogP contribution in [0.4, 0.5) is 5.69 Å². The van der Waals surface area contributed by atoms with Crippen LogP contribution in [0.25, 0.3) is 6.08 Å². The lowest BCUT2D eigenvalue weighted by Crippen LogP contribution is -2.19. The van der Waals surface area contributed by atoms with Gasteiger partial charge in [-0.15, -0.1) is 0 Å². The highest BCUT2D eigenvalue weighted by Gasteiger charge is 2.24. The van der Waals surface area contributed by atoms with E-state index in [1.54, 1.807) is 0 Å². The lowest BCUT2D eigenvalue weighted by Gasteiger charge is -2.18. The zero-order valence-corrected chi connectivity index (χ0v) is 16.7. The molecule has 0 aliphatic carbocycles. The second kappa shape index (κ2) is 7.12. The monoisotopic (exact) mass is 364 g/mol. The number of amidine groups is 1. The lowest BCUT2D eigenvalue weighted by atomic mass is 9.87. The number of amides is 1. The number of nitrogens with one attached hydrogen (secondary N) is 1. The molecule has 0 saturated carbocycles. The van der Waals surface area contributed by atoms with Crippen molar-refractivity contribution in [3.05, 3.63) is 69.6 Å².